The van der Waals surface area contributed by atoms with E-state index < -0.39 is 20.0 Å². The number of hydrogen-bond donors (Lipinski definition) is 2. The summed E-state index contributed by atoms with van der Waals surface area (Å²) >= 11 is 0. The highest BCUT2D eigenvalue weighted by atomic mass is 31.2. The highest BCUT2D eigenvalue weighted by Crippen LogP contribution is 2.43. The first-order valence-electron chi connectivity index (χ1n) is 36.1. The summed E-state index contributed by atoms with van der Waals surface area (Å²) in [6, 6.07) is -0.859. The summed E-state index contributed by atoms with van der Waals surface area (Å²) in [6.45, 7) is 6.89. The third-order valence-electron chi connectivity index (χ3n) is 15.8. The lowest BCUT2D eigenvalue weighted by Crippen LogP contribution is -2.47. The molecule has 1 amide bonds. The van der Waals surface area contributed by atoms with E-state index in [1.165, 1.54) is 180 Å². The summed E-state index contributed by atoms with van der Waals surface area (Å²) in [5.41, 5.74) is 0. The molecule has 0 aromatic carbocycles. The van der Waals surface area contributed by atoms with Crippen LogP contribution in [0.3, 0.4) is 0 Å². The van der Waals surface area contributed by atoms with Crippen LogP contribution in [0.4, 0.5) is 0 Å². The summed E-state index contributed by atoms with van der Waals surface area (Å²) < 4.78 is 30.8. The lowest BCUT2D eigenvalue weighted by molar-refractivity contribution is -0.870. The van der Waals surface area contributed by atoms with Gasteiger partial charge >= 0.3 is 13.8 Å². The highest BCUT2D eigenvalue weighted by molar-refractivity contribution is 7.47. The minimum absolute atomic E-state index is 0.0353. The minimum Gasteiger partial charge on any atom is -0.456 e. The number of allylic oxidation sites excluding steroid dienone is 15. The number of quaternary nitrogens is 1. The van der Waals surface area contributed by atoms with Crippen molar-refractivity contribution in [2.45, 2.75) is 335 Å². The maximum absolute atomic E-state index is 13.6. The Kier molecular flexibility index (Phi) is 62.6. The van der Waals surface area contributed by atoms with Gasteiger partial charge in [-0.1, -0.05) is 298 Å². The molecule has 3 atom stereocenters. The summed E-state index contributed by atoms with van der Waals surface area (Å²) in [6.07, 6.45) is 88.5. The second-order valence-electron chi connectivity index (χ2n) is 25.4. The molecule has 0 aliphatic heterocycles. The molecule has 0 fully saturated rings. The van der Waals surface area contributed by atoms with E-state index in [2.05, 4.69) is 111 Å². The van der Waals surface area contributed by atoms with Crippen LogP contribution >= 0.6 is 7.82 Å². The molecule has 498 valence electrons. The number of phosphoric ester groups is 1. The Morgan fingerprint density at radius 2 is 0.744 bits per heavy atom. The fourth-order valence-electron chi connectivity index (χ4n) is 10.2. The largest absolute Gasteiger partial charge is 0.472 e. The van der Waals surface area contributed by atoms with Gasteiger partial charge in [0.15, 0.2) is 0 Å². The molecule has 0 saturated heterocycles. The summed E-state index contributed by atoms with van der Waals surface area (Å²) in [4.78, 5) is 37.9. The van der Waals surface area contributed by atoms with E-state index in [-0.39, 0.29) is 31.5 Å². The van der Waals surface area contributed by atoms with Crippen molar-refractivity contribution >= 4 is 19.7 Å². The van der Waals surface area contributed by atoms with Crippen molar-refractivity contribution in [1.82, 2.24) is 5.32 Å². The number of hydrogen-bond acceptors (Lipinski definition) is 6. The molecule has 3 unspecified atom stereocenters. The molecule has 0 saturated carbocycles. The minimum atomic E-state index is -4.46. The third kappa shape index (κ3) is 65.4. The van der Waals surface area contributed by atoms with Gasteiger partial charge in [-0.15, -0.1) is 0 Å². The predicted octanol–water partition coefficient (Wildman–Crippen LogP) is 23.1. The molecule has 0 aromatic heterocycles. The number of ether oxygens (including phenoxy) is 1. The summed E-state index contributed by atoms with van der Waals surface area (Å²) in [7, 11) is 1.49. The van der Waals surface area contributed by atoms with Crippen LogP contribution in [-0.2, 0) is 27.9 Å². The zero-order chi connectivity index (χ0) is 62.8. The van der Waals surface area contributed by atoms with Crippen molar-refractivity contribution in [3.8, 4) is 0 Å². The van der Waals surface area contributed by atoms with Gasteiger partial charge in [-0.2, -0.15) is 0 Å². The fraction of sp³-hybridized carbons (Fsp3) is 0.763. The van der Waals surface area contributed by atoms with Crippen LogP contribution in [0, 0.1) is 0 Å². The number of nitrogens with one attached hydrogen (secondary N) is 1. The average Bonchev–Trinajstić information content (AvgIpc) is 3.69. The van der Waals surface area contributed by atoms with Crippen LogP contribution in [0.2, 0.25) is 0 Å². The summed E-state index contributed by atoms with van der Waals surface area (Å²) in [5, 5.41) is 3.07. The van der Waals surface area contributed by atoms with Crippen LogP contribution in [0.15, 0.2) is 97.2 Å². The molecule has 0 bridgehead atoms. The van der Waals surface area contributed by atoms with E-state index >= 15 is 0 Å². The molecule has 0 aromatic rings. The number of carbonyl (C=O) groups is 2. The molecule has 0 spiro atoms. The molecule has 9 nitrogen and oxygen atoms in total. The monoisotopic (exact) mass is 1220 g/mol. The predicted molar refractivity (Wildman–Crippen MR) is 374 cm³/mol. The number of amides is 1. The Bertz CT molecular complexity index is 1790. The maximum Gasteiger partial charge on any atom is 0.472 e. The zero-order valence-corrected chi connectivity index (χ0v) is 57.9. The van der Waals surface area contributed by atoms with Gasteiger partial charge in [0.1, 0.15) is 19.3 Å². The Hall–Kier alpha value is -3.07. The highest BCUT2D eigenvalue weighted by Gasteiger charge is 2.30. The first kappa shape index (κ1) is 82.9. The Morgan fingerprint density at radius 1 is 0.419 bits per heavy atom. The first-order chi connectivity index (χ1) is 41.9. The zero-order valence-electron chi connectivity index (χ0n) is 57.0. The quantitative estimate of drug-likeness (QED) is 0.0205. The van der Waals surface area contributed by atoms with Gasteiger partial charge in [-0.3, -0.25) is 18.6 Å². The molecular weight excluding hydrogens is 1080 g/mol. The van der Waals surface area contributed by atoms with Gasteiger partial charge in [-0.05, 0) is 109 Å². The number of rotatable bonds is 65. The lowest BCUT2D eigenvalue weighted by atomic mass is 10.0. The molecule has 10 heteroatoms. The van der Waals surface area contributed by atoms with Crippen molar-refractivity contribution in [2.75, 3.05) is 40.9 Å². The first-order valence-corrected chi connectivity index (χ1v) is 37.6. The maximum atomic E-state index is 13.6. The van der Waals surface area contributed by atoms with Crippen molar-refractivity contribution in [2.24, 2.45) is 0 Å². The van der Waals surface area contributed by atoms with Gasteiger partial charge < -0.3 is 19.4 Å². The number of esters is 1. The van der Waals surface area contributed by atoms with Gasteiger partial charge in [0.25, 0.3) is 0 Å². The smallest absolute Gasteiger partial charge is 0.456 e. The molecular formula is C76H138N2O7P+. The van der Waals surface area contributed by atoms with Crippen molar-refractivity contribution in [3.63, 3.8) is 0 Å². The molecule has 0 rings (SSSR count). The Labute approximate surface area is 532 Å². The molecule has 0 heterocycles. The number of phosphoric acid groups is 1. The fourth-order valence-corrected chi connectivity index (χ4v) is 11.0. The van der Waals surface area contributed by atoms with E-state index in [0.29, 0.717) is 17.4 Å². The lowest BCUT2D eigenvalue weighted by Gasteiger charge is -2.27. The number of unbranched alkanes of at least 4 members (excludes halogenated alkanes) is 35. The van der Waals surface area contributed by atoms with E-state index in [0.717, 1.165) is 109 Å². The Morgan fingerprint density at radius 3 is 1.14 bits per heavy atom. The Balaban J connectivity index is 5.07. The number of carbonyl (C=O) groups excluding carboxylic acids is 2. The standard InChI is InChI=1S/C76H137N2O7P/c1-7-10-13-16-19-22-25-28-30-32-34-36-38-39-41-42-44-46-48-50-53-56-59-62-65-68-75(79)77-73(72-84-86(81,82)83-71-70-78(4,5)6)74(67-64-61-58-55-52-27-24-21-18-15-12-9-3)85-76(80)69-66-63-60-57-54-51-49-47-45-43-40-37-35-33-31-29-26-23-20-17-14-11-8-2/h11,14,19-20,22-23,28-31,35,37,43,45,64,67,73-74H,7-10,12-13,15-18,21,24-27,32-34,36,38-42,44,46-63,65-66,68-72H2,1-6H3,(H-,77,79,81,82)/p+1/b14-11-,22-19-,23-20-,30-28-,31-29-,37-35-,45-43-,67-64+. The van der Waals surface area contributed by atoms with Crippen LogP contribution in [0.1, 0.15) is 323 Å². The topological polar surface area (TPSA) is 111 Å². The molecule has 86 heavy (non-hydrogen) atoms. The SMILES string of the molecule is CC/C=C\C/C=C\C/C=C\C/C=C\C/C=C\CCCCCCCCCC(=O)OC(/C=C/CCCCCCCCCCCC)C(COP(=O)(O)OCC[N+](C)(C)C)NC(=O)CCCCCCCCCCCCCCCCC/C=C\C/C=C\CCCCC. The van der Waals surface area contributed by atoms with E-state index in [1.807, 2.05) is 33.3 Å². The molecule has 0 radical (unpaired) electrons. The molecule has 0 aliphatic carbocycles. The normalized spacial score (nSPS) is 14.1. The molecule has 2 N–H and O–H groups in total. The van der Waals surface area contributed by atoms with Crippen LogP contribution < -0.4 is 5.32 Å². The van der Waals surface area contributed by atoms with Crippen LogP contribution in [0.25, 0.3) is 0 Å². The van der Waals surface area contributed by atoms with Gasteiger partial charge in [0, 0.05) is 12.8 Å². The van der Waals surface area contributed by atoms with Crippen molar-refractivity contribution in [3.05, 3.63) is 97.2 Å². The van der Waals surface area contributed by atoms with Gasteiger partial charge in [-0.25, -0.2) is 4.57 Å². The van der Waals surface area contributed by atoms with Gasteiger partial charge in [0.05, 0.1) is 33.8 Å². The molecule has 0 aliphatic rings. The van der Waals surface area contributed by atoms with Crippen molar-refractivity contribution in [1.29, 1.82) is 0 Å². The number of nitrogens with zero attached hydrogens (tertiary/aromatic N) is 1. The summed E-state index contributed by atoms with van der Waals surface area (Å²) in [5.74, 6) is -0.512. The third-order valence-corrected chi connectivity index (χ3v) is 16.7. The van der Waals surface area contributed by atoms with Gasteiger partial charge in [0.2, 0.25) is 5.91 Å². The van der Waals surface area contributed by atoms with Crippen LogP contribution in [-0.4, -0.2) is 74.3 Å². The van der Waals surface area contributed by atoms with E-state index in [4.69, 9.17) is 13.8 Å². The number of likely N-dealkylation sites (N-methyl/N-ethyl adjacent to an activating group) is 1. The van der Waals surface area contributed by atoms with Crippen molar-refractivity contribution < 1.29 is 37.3 Å². The van der Waals surface area contributed by atoms with Crippen LogP contribution in [0.5, 0.6) is 0 Å². The second kappa shape index (κ2) is 64.9. The second-order valence-corrected chi connectivity index (χ2v) is 26.8. The average molecular weight is 1220 g/mol. The van der Waals surface area contributed by atoms with E-state index in [1.54, 1.807) is 0 Å². The van der Waals surface area contributed by atoms with E-state index in [9.17, 15) is 19.0 Å².